The van der Waals surface area contributed by atoms with Gasteiger partial charge in [0.25, 0.3) is 0 Å². The van der Waals surface area contributed by atoms with Crippen molar-refractivity contribution < 1.29 is 4.79 Å². The van der Waals surface area contributed by atoms with E-state index in [-0.39, 0.29) is 5.91 Å². The molecule has 0 spiro atoms. The molecule has 0 N–H and O–H groups in total. The predicted octanol–water partition coefficient (Wildman–Crippen LogP) is 3.00. The zero-order chi connectivity index (χ0) is 12.3. The van der Waals surface area contributed by atoms with Gasteiger partial charge in [0.15, 0.2) is 0 Å². The number of aromatic nitrogens is 1. The third kappa shape index (κ3) is 2.44. The van der Waals surface area contributed by atoms with Crippen molar-refractivity contribution in [2.45, 2.75) is 19.8 Å². The Labute approximate surface area is 101 Å². The molecule has 0 atom stereocenters. The molecule has 0 saturated carbocycles. The highest BCUT2D eigenvalue weighted by atomic mass is 16.2. The summed E-state index contributed by atoms with van der Waals surface area (Å²) in [7, 11) is 1.77. The van der Waals surface area contributed by atoms with Crippen LogP contribution >= 0.6 is 0 Å². The Balaban J connectivity index is 2.32. The van der Waals surface area contributed by atoms with E-state index in [0.29, 0.717) is 12.2 Å². The summed E-state index contributed by atoms with van der Waals surface area (Å²) >= 11 is 0. The first-order valence-corrected chi connectivity index (χ1v) is 5.84. The molecule has 17 heavy (non-hydrogen) atoms. The lowest BCUT2D eigenvalue weighted by atomic mass is 10.2. The molecule has 0 radical (unpaired) electrons. The standard InChI is InChI=1S/C14H16N2O/c1-3-6-14(17)16(2)13-10-9-11-7-4-5-8-12(11)15-13/h4-5,7-10H,3,6H2,1-2H3. The van der Waals surface area contributed by atoms with Gasteiger partial charge in [-0.05, 0) is 24.6 Å². The van der Waals surface area contributed by atoms with Gasteiger partial charge in [-0.3, -0.25) is 9.69 Å². The fraction of sp³-hybridized carbons (Fsp3) is 0.286. The molecule has 2 aromatic rings. The largest absolute Gasteiger partial charge is 0.300 e. The maximum Gasteiger partial charge on any atom is 0.227 e. The minimum absolute atomic E-state index is 0.107. The number of hydrogen-bond acceptors (Lipinski definition) is 2. The second-order valence-electron chi connectivity index (χ2n) is 4.06. The summed E-state index contributed by atoms with van der Waals surface area (Å²) in [5.74, 6) is 0.817. The van der Waals surface area contributed by atoms with E-state index in [2.05, 4.69) is 4.98 Å². The molecule has 0 fully saturated rings. The van der Waals surface area contributed by atoms with Crippen molar-refractivity contribution in [2.24, 2.45) is 0 Å². The van der Waals surface area contributed by atoms with Crippen molar-refractivity contribution in [3.63, 3.8) is 0 Å². The average Bonchev–Trinajstić information content (AvgIpc) is 2.37. The molecule has 0 saturated heterocycles. The second kappa shape index (κ2) is 4.95. The van der Waals surface area contributed by atoms with Crippen molar-refractivity contribution >= 4 is 22.6 Å². The lowest BCUT2D eigenvalue weighted by Gasteiger charge is -2.16. The third-order valence-electron chi connectivity index (χ3n) is 2.77. The van der Waals surface area contributed by atoms with Gasteiger partial charge in [-0.2, -0.15) is 0 Å². The van der Waals surface area contributed by atoms with Gasteiger partial charge in [-0.1, -0.05) is 25.1 Å². The first kappa shape index (κ1) is 11.6. The highest BCUT2D eigenvalue weighted by molar-refractivity contribution is 5.93. The van der Waals surface area contributed by atoms with Crippen LogP contribution in [0, 0.1) is 0 Å². The van der Waals surface area contributed by atoms with E-state index < -0.39 is 0 Å². The maximum absolute atomic E-state index is 11.8. The molecule has 0 aliphatic carbocycles. The molecule has 0 unspecified atom stereocenters. The van der Waals surface area contributed by atoms with E-state index in [1.165, 1.54) is 0 Å². The summed E-state index contributed by atoms with van der Waals surface area (Å²) in [6.07, 6.45) is 1.42. The number of para-hydroxylation sites is 1. The van der Waals surface area contributed by atoms with E-state index >= 15 is 0 Å². The van der Waals surface area contributed by atoms with Crippen molar-refractivity contribution in [2.75, 3.05) is 11.9 Å². The van der Waals surface area contributed by atoms with E-state index in [1.807, 2.05) is 43.3 Å². The van der Waals surface area contributed by atoms with Gasteiger partial charge < -0.3 is 0 Å². The van der Waals surface area contributed by atoms with Crippen LogP contribution in [0.2, 0.25) is 0 Å². The van der Waals surface area contributed by atoms with Gasteiger partial charge in [0.1, 0.15) is 5.82 Å². The normalized spacial score (nSPS) is 10.5. The summed E-state index contributed by atoms with van der Waals surface area (Å²) in [5.41, 5.74) is 0.918. The van der Waals surface area contributed by atoms with Gasteiger partial charge in [-0.15, -0.1) is 0 Å². The molecule has 3 heteroatoms. The van der Waals surface area contributed by atoms with Gasteiger partial charge in [0.2, 0.25) is 5.91 Å². The third-order valence-corrected chi connectivity index (χ3v) is 2.77. The number of carbonyl (C=O) groups is 1. The highest BCUT2D eigenvalue weighted by Gasteiger charge is 2.10. The van der Waals surface area contributed by atoms with Crippen molar-refractivity contribution in [3.8, 4) is 0 Å². The number of rotatable bonds is 3. The minimum Gasteiger partial charge on any atom is -0.300 e. The fourth-order valence-electron chi connectivity index (χ4n) is 1.75. The van der Waals surface area contributed by atoms with E-state index in [0.717, 1.165) is 17.3 Å². The van der Waals surface area contributed by atoms with E-state index in [9.17, 15) is 4.79 Å². The topological polar surface area (TPSA) is 33.2 Å². The lowest BCUT2D eigenvalue weighted by Crippen LogP contribution is -2.26. The minimum atomic E-state index is 0.107. The van der Waals surface area contributed by atoms with Crippen LogP contribution in [0.3, 0.4) is 0 Å². The molecule has 2 rings (SSSR count). The molecular weight excluding hydrogens is 212 g/mol. The first-order valence-electron chi connectivity index (χ1n) is 5.84. The monoisotopic (exact) mass is 228 g/mol. The Bertz CT molecular complexity index is 536. The summed E-state index contributed by atoms with van der Waals surface area (Å²) in [5, 5.41) is 1.09. The van der Waals surface area contributed by atoms with E-state index in [4.69, 9.17) is 0 Å². The Kier molecular flexibility index (Phi) is 3.38. The Morgan fingerprint density at radius 1 is 1.24 bits per heavy atom. The van der Waals surface area contributed by atoms with Crippen LogP contribution in [0.4, 0.5) is 5.82 Å². The van der Waals surface area contributed by atoms with Crippen LogP contribution in [-0.4, -0.2) is 17.9 Å². The predicted molar refractivity (Wildman–Crippen MR) is 70.1 cm³/mol. The molecule has 3 nitrogen and oxygen atoms in total. The molecule has 88 valence electrons. The molecule has 1 amide bonds. The van der Waals surface area contributed by atoms with Crippen molar-refractivity contribution in [1.82, 2.24) is 4.98 Å². The SMILES string of the molecule is CCCC(=O)N(C)c1ccc2ccccc2n1. The molecule has 0 aliphatic rings. The highest BCUT2D eigenvalue weighted by Crippen LogP contribution is 2.17. The van der Waals surface area contributed by atoms with Gasteiger partial charge in [0.05, 0.1) is 5.52 Å². The number of amides is 1. The summed E-state index contributed by atoms with van der Waals surface area (Å²) in [4.78, 5) is 17.9. The van der Waals surface area contributed by atoms with Gasteiger partial charge >= 0.3 is 0 Å². The number of nitrogens with zero attached hydrogens (tertiary/aromatic N) is 2. The first-order chi connectivity index (χ1) is 8.22. The molecule has 1 aromatic heterocycles. The molecule has 1 heterocycles. The number of anilines is 1. The van der Waals surface area contributed by atoms with Gasteiger partial charge in [-0.25, -0.2) is 4.98 Å². The Hall–Kier alpha value is -1.90. The molecule has 1 aromatic carbocycles. The summed E-state index contributed by atoms with van der Waals surface area (Å²) < 4.78 is 0. The quantitative estimate of drug-likeness (QED) is 0.809. The Morgan fingerprint density at radius 2 is 2.00 bits per heavy atom. The van der Waals surface area contributed by atoms with E-state index in [1.54, 1.807) is 11.9 Å². The Morgan fingerprint density at radius 3 is 2.76 bits per heavy atom. The summed E-state index contributed by atoms with van der Waals surface area (Å²) in [6.45, 7) is 2.00. The second-order valence-corrected chi connectivity index (χ2v) is 4.06. The van der Waals surface area contributed by atoms with Crippen LogP contribution in [-0.2, 0) is 4.79 Å². The number of hydrogen-bond donors (Lipinski definition) is 0. The maximum atomic E-state index is 11.8. The zero-order valence-corrected chi connectivity index (χ0v) is 10.2. The number of fused-ring (bicyclic) bond motifs is 1. The fourth-order valence-corrected chi connectivity index (χ4v) is 1.75. The van der Waals surface area contributed by atoms with Crippen LogP contribution in [0.15, 0.2) is 36.4 Å². The molecule has 0 bridgehead atoms. The zero-order valence-electron chi connectivity index (χ0n) is 10.2. The summed E-state index contributed by atoms with van der Waals surface area (Å²) in [6, 6.07) is 11.8. The van der Waals surface area contributed by atoms with Crippen molar-refractivity contribution in [1.29, 1.82) is 0 Å². The molecular formula is C14H16N2O. The van der Waals surface area contributed by atoms with Crippen molar-refractivity contribution in [3.05, 3.63) is 36.4 Å². The average molecular weight is 228 g/mol. The van der Waals surface area contributed by atoms with Crippen LogP contribution < -0.4 is 4.90 Å². The van der Waals surface area contributed by atoms with Crippen LogP contribution in [0.25, 0.3) is 10.9 Å². The van der Waals surface area contributed by atoms with Crippen LogP contribution in [0.1, 0.15) is 19.8 Å². The van der Waals surface area contributed by atoms with Gasteiger partial charge in [0, 0.05) is 18.9 Å². The number of benzene rings is 1. The van der Waals surface area contributed by atoms with Crippen LogP contribution in [0.5, 0.6) is 0 Å². The smallest absolute Gasteiger partial charge is 0.227 e. The number of carbonyl (C=O) groups excluding carboxylic acids is 1. The lowest BCUT2D eigenvalue weighted by molar-refractivity contribution is -0.118. The molecule has 0 aliphatic heterocycles. The number of pyridine rings is 1.